The van der Waals surface area contributed by atoms with Crippen LogP contribution in [-0.2, 0) is 4.84 Å². The lowest BCUT2D eigenvalue weighted by atomic mass is 10.3. The summed E-state index contributed by atoms with van der Waals surface area (Å²) in [7, 11) is 1.22. The van der Waals surface area contributed by atoms with Crippen molar-refractivity contribution in [3.63, 3.8) is 0 Å². The Bertz CT molecular complexity index is 261. The van der Waals surface area contributed by atoms with Gasteiger partial charge in [-0.25, -0.2) is 5.06 Å². The zero-order valence-electron chi connectivity index (χ0n) is 6.60. The fourth-order valence-corrected chi connectivity index (χ4v) is 1.06. The summed E-state index contributed by atoms with van der Waals surface area (Å²) in [5.41, 5.74) is -0.998. The highest BCUT2D eigenvalue weighted by molar-refractivity contribution is 6.31. The molecule has 1 heterocycles. The van der Waals surface area contributed by atoms with E-state index in [9.17, 15) is 13.2 Å². The molecule has 74 valence electrons. The molecule has 0 radical (unpaired) electrons. The Morgan fingerprint density at radius 3 is 2.69 bits per heavy atom. The SMILES string of the molecule is CON1CN=CC(C(F)(F)F)=C1Cl. The van der Waals surface area contributed by atoms with Crippen molar-refractivity contribution in [2.45, 2.75) is 6.18 Å². The van der Waals surface area contributed by atoms with Gasteiger partial charge in [-0.05, 0) is 0 Å². The standard InChI is InChI=1S/C6H6ClF3N2O/c1-13-12-3-11-2-4(5(12)7)6(8,9)10/h2H,3H2,1H3. The third kappa shape index (κ3) is 2.13. The molecule has 7 heteroatoms. The van der Waals surface area contributed by atoms with Gasteiger partial charge in [0.05, 0.1) is 7.11 Å². The number of hydroxylamine groups is 2. The molecule has 3 nitrogen and oxygen atoms in total. The molecule has 0 bridgehead atoms. The summed E-state index contributed by atoms with van der Waals surface area (Å²) in [4.78, 5) is 8.00. The Morgan fingerprint density at radius 1 is 1.62 bits per heavy atom. The lowest BCUT2D eigenvalue weighted by Crippen LogP contribution is -2.29. The summed E-state index contributed by atoms with van der Waals surface area (Å²) in [5, 5.41) is 0.356. The predicted octanol–water partition coefficient (Wildman–Crippen LogP) is 1.90. The van der Waals surface area contributed by atoms with Gasteiger partial charge in [-0.1, -0.05) is 11.6 Å². The second-order valence-electron chi connectivity index (χ2n) is 2.22. The molecule has 0 fully saturated rings. The van der Waals surface area contributed by atoms with Crippen LogP contribution in [-0.4, -0.2) is 31.2 Å². The van der Waals surface area contributed by atoms with Crippen LogP contribution < -0.4 is 0 Å². The van der Waals surface area contributed by atoms with Gasteiger partial charge < -0.3 is 0 Å². The summed E-state index contributed by atoms with van der Waals surface area (Å²) >= 11 is 5.40. The number of alkyl halides is 3. The molecule has 0 aliphatic carbocycles. The minimum absolute atomic E-state index is 0.0328. The van der Waals surface area contributed by atoms with Gasteiger partial charge in [0, 0.05) is 6.21 Å². The maximum Gasteiger partial charge on any atom is 0.420 e. The summed E-state index contributed by atoms with van der Waals surface area (Å²) in [6.45, 7) is -0.0328. The van der Waals surface area contributed by atoms with E-state index in [-0.39, 0.29) is 6.67 Å². The van der Waals surface area contributed by atoms with Crippen molar-refractivity contribution in [3.8, 4) is 0 Å². The molecule has 1 aliphatic heterocycles. The Balaban J connectivity index is 2.99. The zero-order valence-corrected chi connectivity index (χ0v) is 7.35. The minimum atomic E-state index is -4.50. The van der Waals surface area contributed by atoms with E-state index in [0.29, 0.717) is 6.21 Å². The molecule has 0 aromatic rings. The smallest absolute Gasteiger partial charge is 0.274 e. The van der Waals surface area contributed by atoms with Crippen molar-refractivity contribution < 1.29 is 18.0 Å². The second kappa shape index (κ2) is 3.55. The Morgan fingerprint density at radius 2 is 2.23 bits per heavy atom. The average Bonchev–Trinajstić information content (AvgIpc) is 2.02. The lowest BCUT2D eigenvalue weighted by molar-refractivity contribution is -0.111. The number of halogens is 4. The van der Waals surface area contributed by atoms with Gasteiger partial charge in [0.25, 0.3) is 0 Å². The van der Waals surface area contributed by atoms with E-state index >= 15 is 0 Å². The van der Waals surface area contributed by atoms with Crippen molar-refractivity contribution >= 4 is 17.8 Å². The molecule has 0 spiro atoms. The quantitative estimate of drug-likeness (QED) is 0.623. The molecule has 0 N–H and O–H groups in total. The molecule has 0 saturated heterocycles. The molecule has 0 atom stereocenters. The monoisotopic (exact) mass is 214 g/mol. The number of aliphatic imine (C=N–C) groups is 1. The van der Waals surface area contributed by atoms with Gasteiger partial charge in [-0.2, -0.15) is 13.2 Å². The van der Waals surface area contributed by atoms with Gasteiger partial charge in [0.1, 0.15) is 17.4 Å². The van der Waals surface area contributed by atoms with E-state index in [1.54, 1.807) is 0 Å². The van der Waals surface area contributed by atoms with E-state index in [0.717, 1.165) is 5.06 Å². The topological polar surface area (TPSA) is 24.8 Å². The van der Waals surface area contributed by atoms with Gasteiger partial charge in [0.2, 0.25) is 0 Å². The molecule has 13 heavy (non-hydrogen) atoms. The maximum absolute atomic E-state index is 12.2. The zero-order chi connectivity index (χ0) is 10.1. The molecule has 0 unspecified atom stereocenters. The van der Waals surface area contributed by atoms with Crippen molar-refractivity contribution in [3.05, 3.63) is 10.7 Å². The van der Waals surface area contributed by atoms with Crippen LogP contribution in [0.2, 0.25) is 0 Å². The average molecular weight is 215 g/mol. The van der Waals surface area contributed by atoms with Gasteiger partial charge in [0.15, 0.2) is 0 Å². The Hall–Kier alpha value is -0.750. The largest absolute Gasteiger partial charge is 0.420 e. The molecule has 1 aliphatic rings. The van der Waals surface area contributed by atoms with Crippen LogP contribution in [0.3, 0.4) is 0 Å². The number of nitrogens with zero attached hydrogens (tertiary/aromatic N) is 2. The first-order chi connectivity index (χ1) is 5.96. The van der Waals surface area contributed by atoms with Gasteiger partial charge in [-0.3, -0.25) is 9.83 Å². The molecule has 0 saturated carbocycles. The highest BCUT2D eigenvalue weighted by Crippen LogP contribution is 2.31. The van der Waals surface area contributed by atoms with Gasteiger partial charge in [-0.15, -0.1) is 0 Å². The van der Waals surface area contributed by atoms with Crippen LogP contribution >= 0.6 is 11.6 Å². The van der Waals surface area contributed by atoms with Crippen LogP contribution in [0.25, 0.3) is 0 Å². The molecular weight excluding hydrogens is 209 g/mol. The number of allylic oxidation sites excluding steroid dienone is 1. The molecule has 1 rings (SSSR count). The highest BCUT2D eigenvalue weighted by Gasteiger charge is 2.38. The van der Waals surface area contributed by atoms with Crippen LogP contribution in [0, 0.1) is 0 Å². The van der Waals surface area contributed by atoms with Crippen molar-refractivity contribution in [2.75, 3.05) is 13.8 Å². The first-order valence-electron chi connectivity index (χ1n) is 3.25. The predicted molar refractivity (Wildman–Crippen MR) is 41.1 cm³/mol. The van der Waals surface area contributed by atoms with Crippen molar-refractivity contribution in [1.82, 2.24) is 5.06 Å². The fourth-order valence-electron chi connectivity index (χ4n) is 0.784. The summed E-state index contributed by atoms with van der Waals surface area (Å²) in [6, 6.07) is 0. The highest BCUT2D eigenvalue weighted by atomic mass is 35.5. The number of hydrogen-bond acceptors (Lipinski definition) is 3. The van der Waals surface area contributed by atoms with Crippen molar-refractivity contribution in [2.24, 2.45) is 4.99 Å². The molecule has 0 aromatic carbocycles. The summed E-state index contributed by atoms with van der Waals surface area (Å²) in [6.07, 6.45) is -3.81. The first kappa shape index (κ1) is 10.3. The van der Waals surface area contributed by atoms with E-state index in [1.807, 2.05) is 0 Å². The summed E-state index contributed by atoms with van der Waals surface area (Å²) in [5.74, 6) is 0. The van der Waals surface area contributed by atoms with Crippen LogP contribution in [0.5, 0.6) is 0 Å². The van der Waals surface area contributed by atoms with E-state index in [1.165, 1.54) is 7.11 Å². The van der Waals surface area contributed by atoms with Crippen molar-refractivity contribution in [1.29, 1.82) is 0 Å². The van der Waals surface area contributed by atoms with Crippen LogP contribution in [0.1, 0.15) is 0 Å². The number of rotatable bonds is 1. The van der Waals surface area contributed by atoms with Gasteiger partial charge >= 0.3 is 6.18 Å². The first-order valence-corrected chi connectivity index (χ1v) is 3.63. The Labute approximate surface area is 77.4 Å². The molecule has 0 amide bonds. The van der Waals surface area contributed by atoms with E-state index < -0.39 is 16.9 Å². The minimum Gasteiger partial charge on any atom is -0.274 e. The van der Waals surface area contributed by atoms with Crippen LogP contribution in [0.4, 0.5) is 13.2 Å². The van der Waals surface area contributed by atoms with E-state index in [4.69, 9.17) is 11.6 Å². The summed E-state index contributed by atoms with van der Waals surface area (Å²) < 4.78 is 36.6. The number of hydrogen-bond donors (Lipinski definition) is 0. The molecular formula is C6H6ClF3N2O. The normalized spacial score (nSPS) is 18.4. The third-order valence-electron chi connectivity index (χ3n) is 1.40. The lowest BCUT2D eigenvalue weighted by Gasteiger charge is -2.24. The third-order valence-corrected chi connectivity index (χ3v) is 1.79. The molecule has 0 aromatic heterocycles. The maximum atomic E-state index is 12.2. The Kier molecular flexibility index (Phi) is 2.82. The van der Waals surface area contributed by atoms with E-state index in [2.05, 4.69) is 9.83 Å². The fraction of sp³-hybridized carbons (Fsp3) is 0.500. The second-order valence-corrected chi connectivity index (χ2v) is 2.57. The van der Waals surface area contributed by atoms with Crippen LogP contribution in [0.15, 0.2) is 15.7 Å².